The Bertz CT molecular complexity index is 1130. The Kier molecular flexibility index (Phi) is 5.31. The Balaban J connectivity index is 1.40. The number of pyridine rings is 1. The lowest BCUT2D eigenvalue weighted by molar-refractivity contribution is 0.0950. The third-order valence-corrected chi connectivity index (χ3v) is 6.81. The standard InChI is InChI=1S/C19H21N5O4S/c25-16-2-1-7-24(12-16)29(27,28)17-5-3-13(4-6-17)9-21-19(26)15-8-14-11-22-23-18(14)20-10-15/h3-6,8,10-11,16,25H,1-2,7,9,12H2,(H,21,26)(H,20,22,23). The van der Waals surface area contributed by atoms with Crippen LogP contribution in [0.1, 0.15) is 28.8 Å². The van der Waals surface area contributed by atoms with Crippen LogP contribution in [-0.4, -0.2) is 58.1 Å². The summed E-state index contributed by atoms with van der Waals surface area (Å²) in [5.41, 5.74) is 1.80. The maximum Gasteiger partial charge on any atom is 0.253 e. The van der Waals surface area contributed by atoms with Crippen LogP contribution in [0, 0.1) is 0 Å². The maximum atomic E-state index is 12.7. The summed E-state index contributed by atoms with van der Waals surface area (Å²) in [5.74, 6) is -0.278. The van der Waals surface area contributed by atoms with Gasteiger partial charge < -0.3 is 10.4 Å². The van der Waals surface area contributed by atoms with E-state index in [2.05, 4.69) is 20.5 Å². The number of nitrogens with one attached hydrogen (secondary N) is 2. The highest BCUT2D eigenvalue weighted by molar-refractivity contribution is 7.89. The molecule has 1 aromatic carbocycles. The molecular formula is C19H21N5O4S. The number of piperidine rings is 1. The minimum absolute atomic E-state index is 0.120. The molecule has 0 spiro atoms. The Labute approximate surface area is 167 Å². The third kappa shape index (κ3) is 4.14. The van der Waals surface area contributed by atoms with Crippen molar-refractivity contribution in [3.05, 3.63) is 53.9 Å². The smallest absolute Gasteiger partial charge is 0.253 e. The molecule has 3 N–H and O–H groups in total. The van der Waals surface area contributed by atoms with Crippen molar-refractivity contribution in [2.45, 2.75) is 30.4 Å². The van der Waals surface area contributed by atoms with Crippen molar-refractivity contribution in [2.24, 2.45) is 0 Å². The summed E-state index contributed by atoms with van der Waals surface area (Å²) in [6, 6.07) is 8.09. The zero-order valence-electron chi connectivity index (χ0n) is 15.6. The van der Waals surface area contributed by atoms with E-state index in [0.29, 0.717) is 30.6 Å². The first-order valence-corrected chi connectivity index (χ1v) is 10.7. The fraction of sp³-hybridized carbons (Fsp3) is 0.316. The number of aliphatic hydroxyl groups excluding tert-OH is 1. The van der Waals surface area contributed by atoms with Crippen LogP contribution in [0.3, 0.4) is 0 Å². The second kappa shape index (κ2) is 7.90. The van der Waals surface area contributed by atoms with Crippen molar-refractivity contribution in [1.29, 1.82) is 0 Å². The van der Waals surface area contributed by atoms with E-state index in [0.717, 1.165) is 10.9 Å². The number of aromatic nitrogens is 3. The molecular weight excluding hydrogens is 394 g/mol. The van der Waals surface area contributed by atoms with Crippen LogP contribution < -0.4 is 5.32 Å². The SMILES string of the molecule is O=C(NCc1ccc(S(=O)(=O)N2CCCC(O)C2)cc1)c1cnc2[nH]ncc2c1. The van der Waals surface area contributed by atoms with Crippen molar-refractivity contribution in [3.8, 4) is 0 Å². The summed E-state index contributed by atoms with van der Waals surface area (Å²) < 4.78 is 26.7. The molecule has 10 heteroatoms. The number of hydrogen-bond acceptors (Lipinski definition) is 6. The lowest BCUT2D eigenvalue weighted by atomic mass is 10.1. The van der Waals surface area contributed by atoms with E-state index in [1.54, 1.807) is 24.4 Å². The van der Waals surface area contributed by atoms with E-state index in [4.69, 9.17) is 0 Å². The zero-order valence-corrected chi connectivity index (χ0v) is 16.4. The Morgan fingerprint density at radius 2 is 2.07 bits per heavy atom. The summed E-state index contributed by atoms with van der Waals surface area (Å²) in [5, 5.41) is 19.9. The van der Waals surface area contributed by atoms with Crippen LogP contribution in [0.4, 0.5) is 0 Å². The minimum Gasteiger partial charge on any atom is -0.392 e. The quantitative estimate of drug-likeness (QED) is 0.571. The summed E-state index contributed by atoms with van der Waals surface area (Å²) in [4.78, 5) is 16.7. The van der Waals surface area contributed by atoms with Gasteiger partial charge in [-0.25, -0.2) is 13.4 Å². The van der Waals surface area contributed by atoms with Crippen molar-refractivity contribution in [3.63, 3.8) is 0 Å². The summed E-state index contributed by atoms with van der Waals surface area (Å²) in [6.07, 6.45) is 3.71. The summed E-state index contributed by atoms with van der Waals surface area (Å²) >= 11 is 0. The number of β-amino-alcohol motifs (C(OH)–C–C–N with tert-alkyl or cyclic N) is 1. The Morgan fingerprint density at radius 1 is 1.28 bits per heavy atom. The van der Waals surface area contributed by atoms with Crippen LogP contribution in [0.5, 0.6) is 0 Å². The molecule has 1 aliphatic heterocycles. The van der Waals surface area contributed by atoms with Gasteiger partial charge in [0.25, 0.3) is 5.91 Å². The monoisotopic (exact) mass is 415 g/mol. The number of H-pyrrole nitrogens is 1. The number of fused-ring (bicyclic) bond motifs is 1. The number of carbonyl (C=O) groups is 1. The molecule has 0 saturated carbocycles. The molecule has 2 aromatic heterocycles. The van der Waals surface area contributed by atoms with E-state index in [1.165, 1.54) is 22.6 Å². The number of carbonyl (C=O) groups excluding carboxylic acids is 1. The molecule has 3 heterocycles. The fourth-order valence-electron chi connectivity index (χ4n) is 3.31. The highest BCUT2D eigenvalue weighted by Crippen LogP contribution is 2.21. The van der Waals surface area contributed by atoms with E-state index in [9.17, 15) is 18.3 Å². The van der Waals surface area contributed by atoms with Gasteiger partial charge in [-0.3, -0.25) is 9.89 Å². The molecule has 0 bridgehead atoms. The van der Waals surface area contributed by atoms with Gasteiger partial charge in [0, 0.05) is 31.2 Å². The van der Waals surface area contributed by atoms with Crippen LogP contribution >= 0.6 is 0 Å². The molecule has 0 aliphatic carbocycles. The number of aliphatic hydroxyl groups is 1. The zero-order chi connectivity index (χ0) is 20.4. The van der Waals surface area contributed by atoms with Gasteiger partial charge in [-0.15, -0.1) is 0 Å². The van der Waals surface area contributed by atoms with Gasteiger partial charge in [-0.05, 0) is 36.6 Å². The van der Waals surface area contributed by atoms with Gasteiger partial charge in [0.05, 0.1) is 22.8 Å². The maximum absolute atomic E-state index is 12.7. The largest absolute Gasteiger partial charge is 0.392 e. The third-order valence-electron chi connectivity index (χ3n) is 4.93. The highest BCUT2D eigenvalue weighted by atomic mass is 32.2. The normalized spacial score (nSPS) is 18.0. The molecule has 1 aliphatic rings. The van der Waals surface area contributed by atoms with Gasteiger partial charge in [-0.2, -0.15) is 9.40 Å². The lowest BCUT2D eigenvalue weighted by Crippen LogP contribution is -2.42. The average Bonchev–Trinajstić information content (AvgIpc) is 3.20. The van der Waals surface area contributed by atoms with Crippen molar-refractivity contribution in [1.82, 2.24) is 24.8 Å². The van der Waals surface area contributed by atoms with Crippen molar-refractivity contribution >= 4 is 27.0 Å². The number of benzene rings is 1. The molecule has 1 saturated heterocycles. The van der Waals surface area contributed by atoms with Crippen molar-refractivity contribution < 1.29 is 18.3 Å². The first-order valence-electron chi connectivity index (χ1n) is 9.28. The number of aromatic amines is 1. The first-order chi connectivity index (χ1) is 13.9. The number of amides is 1. The molecule has 0 radical (unpaired) electrons. The molecule has 1 fully saturated rings. The van der Waals surface area contributed by atoms with Gasteiger partial charge in [0.1, 0.15) is 0 Å². The number of hydrogen-bond donors (Lipinski definition) is 3. The summed E-state index contributed by atoms with van der Waals surface area (Å²) in [6.45, 7) is 0.784. The van der Waals surface area contributed by atoms with Crippen LogP contribution in [0.15, 0.2) is 47.6 Å². The van der Waals surface area contributed by atoms with E-state index in [1.807, 2.05) is 0 Å². The number of nitrogens with zero attached hydrogens (tertiary/aromatic N) is 3. The minimum atomic E-state index is -3.63. The summed E-state index contributed by atoms with van der Waals surface area (Å²) in [7, 11) is -3.63. The van der Waals surface area contributed by atoms with Crippen molar-refractivity contribution in [2.75, 3.05) is 13.1 Å². The Morgan fingerprint density at radius 3 is 2.83 bits per heavy atom. The molecule has 152 valence electrons. The molecule has 1 atom stereocenters. The van der Waals surface area contributed by atoms with Crippen LogP contribution in [0.25, 0.3) is 11.0 Å². The second-order valence-corrected chi connectivity index (χ2v) is 8.96. The average molecular weight is 415 g/mol. The van der Waals surface area contributed by atoms with Gasteiger partial charge in [0.2, 0.25) is 10.0 Å². The van der Waals surface area contributed by atoms with E-state index < -0.39 is 16.1 Å². The molecule has 29 heavy (non-hydrogen) atoms. The van der Waals surface area contributed by atoms with Gasteiger partial charge >= 0.3 is 0 Å². The predicted octanol–water partition coefficient (Wildman–Crippen LogP) is 1.03. The molecule has 9 nitrogen and oxygen atoms in total. The number of rotatable bonds is 5. The lowest BCUT2D eigenvalue weighted by Gasteiger charge is -2.29. The fourth-order valence-corrected chi connectivity index (χ4v) is 4.83. The van der Waals surface area contributed by atoms with Gasteiger partial charge in [-0.1, -0.05) is 12.1 Å². The predicted molar refractivity (Wildman–Crippen MR) is 106 cm³/mol. The highest BCUT2D eigenvalue weighted by Gasteiger charge is 2.29. The van der Waals surface area contributed by atoms with Crippen LogP contribution in [-0.2, 0) is 16.6 Å². The van der Waals surface area contributed by atoms with E-state index in [-0.39, 0.29) is 23.9 Å². The Hall–Kier alpha value is -2.82. The molecule has 1 amide bonds. The molecule has 4 rings (SSSR count). The molecule has 1 unspecified atom stereocenters. The first kappa shape index (κ1) is 19.5. The number of sulfonamides is 1. The van der Waals surface area contributed by atoms with Gasteiger partial charge in [0.15, 0.2) is 5.65 Å². The topological polar surface area (TPSA) is 128 Å². The van der Waals surface area contributed by atoms with Crippen LogP contribution in [0.2, 0.25) is 0 Å². The molecule has 3 aromatic rings. The second-order valence-electron chi connectivity index (χ2n) is 7.02. The van der Waals surface area contributed by atoms with E-state index >= 15 is 0 Å².